The second-order valence-electron chi connectivity index (χ2n) is 8.57. The van der Waals surface area contributed by atoms with Crippen molar-refractivity contribution in [2.45, 2.75) is 59.6 Å². The van der Waals surface area contributed by atoms with Gasteiger partial charge in [-0.25, -0.2) is 0 Å². The minimum Gasteiger partial charge on any atom is -0.507 e. The number of nitrogens with zero attached hydrogens (tertiary/aromatic N) is 1. The van der Waals surface area contributed by atoms with Gasteiger partial charge in [0.2, 0.25) is 0 Å². The lowest BCUT2D eigenvalue weighted by molar-refractivity contribution is -0.139. The number of ketones is 1. The quantitative estimate of drug-likeness (QED) is 0.259. The zero-order valence-corrected chi connectivity index (χ0v) is 21.2. The summed E-state index contributed by atoms with van der Waals surface area (Å²) < 4.78 is 17.4. The summed E-state index contributed by atoms with van der Waals surface area (Å²) in [6.45, 7) is 10.8. The largest absolute Gasteiger partial charge is 0.507 e. The van der Waals surface area contributed by atoms with Crippen LogP contribution in [0.3, 0.4) is 0 Å². The summed E-state index contributed by atoms with van der Waals surface area (Å²) in [6.07, 6.45) is 1.47. The van der Waals surface area contributed by atoms with Crippen LogP contribution in [0.25, 0.3) is 5.76 Å². The number of unbranched alkanes of at least 4 members (excludes halogenated alkanes) is 1. The maximum Gasteiger partial charge on any atom is 0.295 e. The SMILES string of the molecule is CCCCN1C(=O)C(=O)/C(=C(/O)c2ccc(OCC)cc2OCC)C1c1ccccc1OC(C)C. The van der Waals surface area contributed by atoms with E-state index in [-0.39, 0.29) is 17.4 Å². The van der Waals surface area contributed by atoms with Gasteiger partial charge in [-0.2, -0.15) is 0 Å². The molecular formula is C28H35NO6. The third-order valence-corrected chi connectivity index (χ3v) is 5.69. The third-order valence-electron chi connectivity index (χ3n) is 5.69. The minimum atomic E-state index is -0.780. The monoisotopic (exact) mass is 481 g/mol. The highest BCUT2D eigenvalue weighted by atomic mass is 16.5. The molecule has 1 amide bonds. The minimum absolute atomic E-state index is 0.0241. The van der Waals surface area contributed by atoms with Gasteiger partial charge in [-0.3, -0.25) is 9.59 Å². The highest BCUT2D eigenvalue weighted by Crippen LogP contribution is 2.44. The van der Waals surface area contributed by atoms with E-state index in [1.807, 2.05) is 58.9 Å². The zero-order valence-electron chi connectivity index (χ0n) is 21.2. The molecule has 1 N–H and O–H groups in total. The number of carbonyl (C=O) groups is 2. The Morgan fingerprint density at radius 2 is 1.71 bits per heavy atom. The number of hydrogen-bond acceptors (Lipinski definition) is 6. The number of amides is 1. The van der Waals surface area contributed by atoms with Gasteiger partial charge in [0.05, 0.1) is 36.5 Å². The Labute approximate surface area is 207 Å². The fourth-order valence-electron chi connectivity index (χ4n) is 4.20. The fourth-order valence-corrected chi connectivity index (χ4v) is 4.20. The zero-order chi connectivity index (χ0) is 25.5. The van der Waals surface area contributed by atoms with E-state index in [2.05, 4.69) is 0 Å². The van der Waals surface area contributed by atoms with E-state index in [1.165, 1.54) is 4.90 Å². The summed E-state index contributed by atoms with van der Waals surface area (Å²) in [5.41, 5.74) is 1.01. The van der Waals surface area contributed by atoms with Gasteiger partial charge in [-0.15, -0.1) is 0 Å². The molecule has 1 unspecified atom stereocenters. The number of para-hydroxylation sites is 1. The van der Waals surface area contributed by atoms with Gasteiger partial charge in [0.15, 0.2) is 0 Å². The lowest BCUT2D eigenvalue weighted by Crippen LogP contribution is -2.31. The first kappa shape index (κ1) is 26.1. The van der Waals surface area contributed by atoms with Crippen molar-refractivity contribution in [3.05, 3.63) is 59.2 Å². The van der Waals surface area contributed by atoms with Crippen molar-refractivity contribution in [3.63, 3.8) is 0 Å². The molecule has 7 nitrogen and oxygen atoms in total. The molecule has 1 heterocycles. The number of Topliss-reactive ketones (excluding diaryl/α,β-unsaturated/α-hetero) is 1. The molecule has 0 radical (unpaired) electrons. The molecule has 188 valence electrons. The maximum absolute atomic E-state index is 13.3. The number of ether oxygens (including phenoxy) is 3. The summed E-state index contributed by atoms with van der Waals surface area (Å²) >= 11 is 0. The Morgan fingerprint density at radius 3 is 2.37 bits per heavy atom. The standard InChI is InChI=1S/C28H35NO6/c1-6-9-16-29-25(20-12-10-11-13-22(20)35-18(4)5)24(27(31)28(29)32)26(30)21-15-14-19(33-7-2)17-23(21)34-8-3/h10-15,17-18,25,30H,6-9,16H2,1-5H3/b26-24+. The molecule has 0 bridgehead atoms. The van der Waals surface area contributed by atoms with Crippen molar-refractivity contribution in [1.82, 2.24) is 4.90 Å². The van der Waals surface area contributed by atoms with E-state index in [9.17, 15) is 14.7 Å². The Kier molecular flexibility index (Phi) is 8.79. The van der Waals surface area contributed by atoms with E-state index in [4.69, 9.17) is 14.2 Å². The maximum atomic E-state index is 13.3. The molecule has 2 aromatic carbocycles. The summed E-state index contributed by atoms with van der Waals surface area (Å²) in [5, 5.41) is 11.5. The van der Waals surface area contributed by atoms with Crippen molar-refractivity contribution in [2.75, 3.05) is 19.8 Å². The highest BCUT2D eigenvalue weighted by Gasteiger charge is 2.47. The molecule has 0 saturated carbocycles. The van der Waals surface area contributed by atoms with Crippen LogP contribution in [0.1, 0.15) is 64.6 Å². The number of rotatable bonds is 11. The number of aliphatic hydroxyl groups is 1. The Balaban J connectivity index is 2.23. The number of carbonyl (C=O) groups excluding carboxylic acids is 2. The second kappa shape index (κ2) is 11.8. The van der Waals surface area contributed by atoms with Crippen LogP contribution in [0, 0.1) is 0 Å². The molecule has 0 spiro atoms. The highest BCUT2D eigenvalue weighted by molar-refractivity contribution is 6.46. The van der Waals surface area contributed by atoms with E-state index in [0.29, 0.717) is 48.1 Å². The summed E-state index contributed by atoms with van der Waals surface area (Å²) in [5.74, 6) is -0.103. The van der Waals surface area contributed by atoms with Crippen LogP contribution < -0.4 is 14.2 Å². The van der Waals surface area contributed by atoms with Crippen molar-refractivity contribution < 1.29 is 28.9 Å². The lowest BCUT2D eigenvalue weighted by atomic mass is 9.94. The van der Waals surface area contributed by atoms with Gasteiger partial charge in [0.1, 0.15) is 23.0 Å². The average molecular weight is 482 g/mol. The first-order chi connectivity index (χ1) is 16.8. The number of aliphatic hydroxyl groups excluding tert-OH is 1. The van der Waals surface area contributed by atoms with Crippen LogP contribution in [0.4, 0.5) is 0 Å². The van der Waals surface area contributed by atoms with Gasteiger partial charge in [-0.05, 0) is 52.3 Å². The normalized spacial score (nSPS) is 17.2. The molecule has 3 rings (SSSR count). The molecule has 0 aromatic heterocycles. The van der Waals surface area contributed by atoms with Gasteiger partial charge >= 0.3 is 0 Å². The van der Waals surface area contributed by atoms with Crippen molar-refractivity contribution in [1.29, 1.82) is 0 Å². The van der Waals surface area contributed by atoms with Gasteiger partial charge < -0.3 is 24.2 Å². The Morgan fingerprint density at radius 1 is 1.00 bits per heavy atom. The van der Waals surface area contributed by atoms with Crippen LogP contribution in [0.2, 0.25) is 0 Å². The molecular weight excluding hydrogens is 446 g/mol. The van der Waals surface area contributed by atoms with Crippen molar-refractivity contribution in [3.8, 4) is 17.2 Å². The fraction of sp³-hybridized carbons (Fsp3) is 0.429. The molecule has 7 heteroatoms. The molecule has 1 aliphatic heterocycles. The van der Waals surface area contributed by atoms with Gasteiger partial charge in [0.25, 0.3) is 11.7 Å². The van der Waals surface area contributed by atoms with Crippen LogP contribution in [-0.4, -0.2) is 47.6 Å². The Bertz CT molecular complexity index is 1090. The van der Waals surface area contributed by atoms with Crippen LogP contribution >= 0.6 is 0 Å². The summed E-state index contributed by atoms with van der Waals surface area (Å²) in [7, 11) is 0. The molecule has 1 aliphatic rings. The molecule has 0 aliphatic carbocycles. The molecule has 1 fully saturated rings. The van der Waals surface area contributed by atoms with E-state index >= 15 is 0 Å². The van der Waals surface area contributed by atoms with Crippen LogP contribution in [0.15, 0.2) is 48.0 Å². The molecule has 1 atom stereocenters. The topological polar surface area (TPSA) is 85.3 Å². The Hall–Kier alpha value is -3.48. The second-order valence-corrected chi connectivity index (χ2v) is 8.57. The molecule has 2 aromatic rings. The van der Waals surface area contributed by atoms with Crippen LogP contribution in [0.5, 0.6) is 17.2 Å². The van der Waals surface area contributed by atoms with E-state index in [0.717, 1.165) is 12.8 Å². The summed E-state index contributed by atoms with van der Waals surface area (Å²) in [6, 6.07) is 11.6. The van der Waals surface area contributed by atoms with Gasteiger partial charge in [0, 0.05) is 18.2 Å². The van der Waals surface area contributed by atoms with Gasteiger partial charge in [-0.1, -0.05) is 31.5 Å². The predicted molar refractivity (Wildman–Crippen MR) is 135 cm³/mol. The lowest BCUT2D eigenvalue weighted by Gasteiger charge is -2.27. The number of benzene rings is 2. The van der Waals surface area contributed by atoms with E-state index < -0.39 is 17.7 Å². The molecule has 35 heavy (non-hydrogen) atoms. The third kappa shape index (κ3) is 5.61. The first-order valence-electron chi connectivity index (χ1n) is 12.3. The molecule has 1 saturated heterocycles. The number of hydrogen-bond donors (Lipinski definition) is 1. The van der Waals surface area contributed by atoms with E-state index in [1.54, 1.807) is 18.2 Å². The first-order valence-corrected chi connectivity index (χ1v) is 12.3. The van der Waals surface area contributed by atoms with Crippen molar-refractivity contribution in [2.24, 2.45) is 0 Å². The average Bonchev–Trinajstić information content (AvgIpc) is 3.07. The predicted octanol–water partition coefficient (Wildman–Crippen LogP) is 5.49. The summed E-state index contributed by atoms with van der Waals surface area (Å²) in [4.78, 5) is 28.0. The smallest absolute Gasteiger partial charge is 0.295 e. The number of likely N-dealkylation sites (tertiary alicyclic amines) is 1. The van der Waals surface area contributed by atoms with Crippen LogP contribution in [-0.2, 0) is 9.59 Å². The van der Waals surface area contributed by atoms with Crippen molar-refractivity contribution >= 4 is 17.4 Å².